The summed E-state index contributed by atoms with van der Waals surface area (Å²) in [5, 5.41) is 24.1. The Morgan fingerprint density at radius 1 is 1.00 bits per heavy atom. The highest BCUT2D eigenvalue weighted by Crippen LogP contribution is 2.01. The molecule has 0 aromatic rings. The van der Waals surface area contributed by atoms with Gasteiger partial charge in [-0.2, -0.15) is 0 Å². The van der Waals surface area contributed by atoms with Crippen LogP contribution in [0.2, 0.25) is 0 Å². The molecule has 0 saturated heterocycles. The number of rotatable bonds is 12. The van der Waals surface area contributed by atoms with Crippen LogP contribution in [0.25, 0.3) is 0 Å². The maximum absolute atomic E-state index is 12.1. The number of nitrogens with two attached hydrogens (primary N) is 2. The zero-order chi connectivity index (χ0) is 18.5. The topological polar surface area (TPSA) is 197 Å². The van der Waals surface area contributed by atoms with E-state index in [1.807, 2.05) is 0 Å². The summed E-state index contributed by atoms with van der Waals surface area (Å²) in [6, 6.07) is -2.09. The van der Waals surface area contributed by atoms with Gasteiger partial charge in [0.15, 0.2) is 0 Å². The first-order chi connectivity index (χ1) is 11.3. The number of carbonyl (C=O) groups excluding carboxylic acids is 3. The fraction of sp³-hybridized carbons (Fsp3) is 0.692. The number of carboxylic acids is 1. The van der Waals surface area contributed by atoms with Gasteiger partial charge >= 0.3 is 5.97 Å². The van der Waals surface area contributed by atoms with E-state index in [9.17, 15) is 19.2 Å². The molecular formula is C13H25N5O6. The largest absolute Gasteiger partial charge is 0.480 e. The lowest BCUT2D eigenvalue weighted by Gasteiger charge is -2.20. The van der Waals surface area contributed by atoms with E-state index in [1.165, 1.54) is 0 Å². The third-order valence-electron chi connectivity index (χ3n) is 2.97. The molecule has 0 fully saturated rings. The van der Waals surface area contributed by atoms with E-state index >= 15 is 0 Å². The summed E-state index contributed by atoms with van der Waals surface area (Å²) in [6.07, 6.45) is 1.49. The fourth-order valence-corrected chi connectivity index (χ4v) is 1.65. The van der Waals surface area contributed by atoms with Crippen molar-refractivity contribution in [3.05, 3.63) is 0 Å². The minimum Gasteiger partial charge on any atom is -0.480 e. The van der Waals surface area contributed by atoms with E-state index in [2.05, 4.69) is 16.0 Å². The summed E-state index contributed by atoms with van der Waals surface area (Å²) >= 11 is 0. The molecule has 3 amide bonds. The van der Waals surface area contributed by atoms with Crippen molar-refractivity contribution in [1.82, 2.24) is 16.0 Å². The SMILES string of the molecule is NCCCCC(NC(=O)C(N)CO)C(=O)NCC(=O)NCC(=O)O. The van der Waals surface area contributed by atoms with Crippen molar-refractivity contribution in [2.24, 2.45) is 11.5 Å². The molecule has 0 heterocycles. The van der Waals surface area contributed by atoms with Crippen LogP contribution in [-0.4, -0.2) is 72.2 Å². The number of aliphatic hydroxyl groups excluding tert-OH is 1. The predicted octanol–water partition coefficient (Wildman–Crippen LogP) is -3.76. The van der Waals surface area contributed by atoms with Crippen LogP contribution in [0, 0.1) is 0 Å². The van der Waals surface area contributed by atoms with Gasteiger partial charge in [0.2, 0.25) is 17.7 Å². The normalized spacial score (nSPS) is 12.8. The molecule has 2 atom stereocenters. The molecule has 0 aromatic carbocycles. The predicted molar refractivity (Wildman–Crippen MR) is 83.6 cm³/mol. The van der Waals surface area contributed by atoms with Gasteiger partial charge in [0.25, 0.3) is 0 Å². The molecule has 11 heteroatoms. The maximum Gasteiger partial charge on any atom is 0.322 e. The van der Waals surface area contributed by atoms with Gasteiger partial charge in [-0.1, -0.05) is 0 Å². The third kappa shape index (κ3) is 9.71. The number of amides is 3. The Bertz CT molecular complexity index is 445. The van der Waals surface area contributed by atoms with Gasteiger partial charge in [0, 0.05) is 0 Å². The van der Waals surface area contributed by atoms with Crippen LogP contribution < -0.4 is 27.4 Å². The molecule has 138 valence electrons. The summed E-state index contributed by atoms with van der Waals surface area (Å²) in [7, 11) is 0. The van der Waals surface area contributed by atoms with Gasteiger partial charge in [-0.3, -0.25) is 19.2 Å². The van der Waals surface area contributed by atoms with Crippen LogP contribution in [-0.2, 0) is 19.2 Å². The zero-order valence-corrected chi connectivity index (χ0v) is 13.3. The van der Waals surface area contributed by atoms with Crippen molar-refractivity contribution in [3.63, 3.8) is 0 Å². The Kier molecular flexibility index (Phi) is 11.1. The average molecular weight is 347 g/mol. The molecule has 0 rings (SSSR count). The molecule has 0 aromatic heterocycles. The summed E-state index contributed by atoms with van der Waals surface area (Å²) in [6.45, 7) is -1.13. The standard InChI is InChI=1S/C13H25N5O6/c14-4-2-1-3-9(18-12(23)8(15)7-19)13(24)17-5-10(20)16-6-11(21)22/h8-9,19H,1-7,14-15H2,(H,16,20)(H,17,24)(H,18,23)(H,21,22). The lowest BCUT2D eigenvalue weighted by molar-refractivity contribution is -0.138. The molecule has 2 unspecified atom stereocenters. The highest BCUT2D eigenvalue weighted by atomic mass is 16.4. The molecule has 0 bridgehead atoms. The molecule has 0 aliphatic carbocycles. The van der Waals surface area contributed by atoms with Crippen LogP contribution in [0.1, 0.15) is 19.3 Å². The number of carboxylic acid groups (broad SMARTS) is 1. The second-order valence-electron chi connectivity index (χ2n) is 5.02. The number of carbonyl (C=O) groups is 4. The molecule has 24 heavy (non-hydrogen) atoms. The number of hydrogen-bond donors (Lipinski definition) is 7. The monoisotopic (exact) mass is 347 g/mol. The minimum absolute atomic E-state index is 0.281. The van der Waals surface area contributed by atoms with Gasteiger partial charge in [-0.15, -0.1) is 0 Å². The molecule has 0 aliphatic rings. The summed E-state index contributed by atoms with van der Waals surface area (Å²) in [4.78, 5) is 45.4. The number of unbranched alkanes of at least 4 members (excludes halogenated alkanes) is 1. The lowest BCUT2D eigenvalue weighted by atomic mass is 10.1. The summed E-state index contributed by atoms with van der Waals surface area (Å²) < 4.78 is 0. The summed E-state index contributed by atoms with van der Waals surface area (Å²) in [5.41, 5.74) is 10.8. The van der Waals surface area contributed by atoms with Gasteiger partial charge in [-0.25, -0.2) is 0 Å². The number of hydrogen-bond acceptors (Lipinski definition) is 7. The van der Waals surface area contributed by atoms with Crippen LogP contribution in [0.5, 0.6) is 0 Å². The molecule has 9 N–H and O–H groups in total. The number of aliphatic carboxylic acids is 1. The smallest absolute Gasteiger partial charge is 0.322 e. The van der Waals surface area contributed by atoms with Crippen molar-refractivity contribution in [1.29, 1.82) is 0 Å². The van der Waals surface area contributed by atoms with E-state index in [-0.39, 0.29) is 6.42 Å². The van der Waals surface area contributed by atoms with Crippen molar-refractivity contribution >= 4 is 23.7 Å². The van der Waals surface area contributed by atoms with Crippen molar-refractivity contribution < 1.29 is 29.4 Å². The Morgan fingerprint density at radius 2 is 1.67 bits per heavy atom. The lowest BCUT2D eigenvalue weighted by Crippen LogP contribution is -2.53. The highest BCUT2D eigenvalue weighted by molar-refractivity contribution is 5.92. The average Bonchev–Trinajstić information content (AvgIpc) is 2.55. The Balaban J connectivity index is 4.52. The second-order valence-corrected chi connectivity index (χ2v) is 5.02. The minimum atomic E-state index is -1.21. The highest BCUT2D eigenvalue weighted by Gasteiger charge is 2.23. The second kappa shape index (κ2) is 12.2. The fourth-order valence-electron chi connectivity index (χ4n) is 1.65. The first-order valence-electron chi connectivity index (χ1n) is 7.44. The van der Waals surface area contributed by atoms with Crippen molar-refractivity contribution in [2.45, 2.75) is 31.3 Å². The molecular weight excluding hydrogens is 322 g/mol. The van der Waals surface area contributed by atoms with Crippen LogP contribution in [0.15, 0.2) is 0 Å². The quantitative estimate of drug-likeness (QED) is 0.175. The Labute approximate surface area is 139 Å². The maximum atomic E-state index is 12.1. The van der Waals surface area contributed by atoms with E-state index in [0.29, 0.717) is 19.4 Å². The molecule has 0 spiro atoms. The number of aliphatic hydroxyl groups is 1. The van der Waals surface area contributed by atoms with Crippen molar-refractivity contribution in [3.8, 4) is 0 Å². The van der Waals surface area contributed by atoms with Crippen molar-refractivity contribution in [2.75, 3.05) is 26.2 Å². The first kappa shape index (κ1) is 21.8. The van der Waals surface area contributed by atoms with Crippen LogP contribution in [0.3, 0.4) is 0 Å². The Hall–Kier alpha value is -2.24. The van der Waals surface area contributed by atoms with Gasteiger partial charge in [0.1, 0.15) is 18.6 Å². The van der Waals surface area contributed by atoms with E-state index in [1.54, 1.807) is 0 Å². The zero-order valence-electron chi connectivity index (χ0n) is 13.3. The van der Waals surface area contributed by atoms with Gasteiger partial charge < -0.3 is 37.6 Å². The van der Waals surface area contributed by atoms with Crippen LogP contribution >= 0.6 is 0 Å². The Morgan fingerprint density at radius 3 is 2.21 bits per heavy atom. The summed E-state index contributed by atoms with van der Waals surface area (Å²) in [5.74, 6) is -3.19. The molecule has 11 nitrogen and oxygen atoms in total. The molecule has 0 aliphatic heterocycles. The van der Waals surface area contributed by atoms with E-state index < -0.39 is 55.5 Å². The van der Waals surface area contributed by atoms with Gasteiger partial charge in [0.05, 0.1) is 13.2 Å². The van der Waals surface area contributed by atoms with E-state index in [4.69, 9.17) is 21.7 Å². The van der Waals surface area contributed by atoms with Gasteiger partial charge in [-0.05, 0) is 25.8 Å². The number of nitrogens with one attached hydrogen (secondary N) is 3. The molecule has 0 radical (unpaired) electrons. The first-order valence-corrected chi connectivity index (χ1v) is 7.44. The van der Waals surface area contributed by atoms with Crippen LogP contribution in [0.4, 0.5) is 0 Å². The third-order valence-corrected chi connectivity index (χ3v) is 2.97. The van der Waals surface area contributed by atoms with E-state index in [0.717, 1.165) is 0 Å². The molecule has 0 saturated carbocycles.